The molecule has 0 saturated carbocycles. The van der Waals surface area contributed by atoms with Crippen molar-refractivity contribution in [2.75, 3.05) is 0 Å². The molecule has 4 aliphatic rings. The molecule has 7 heteroatoms. The number of amides is 1. The number of ether oxygens (including phenoxy) is 1. The number of rotatable bonds is 5. The van der Waals surface area contributed by atoms with E-state index in [0.29, 0.717) is 25.0 Å². The van der Waals surface area contributed by atoms with Gasteiger partial charge in [0.1, 0.15) is 11.4 Å². The fraction of sp³-hybridized carbons (Fsp3) is 0.448. The third-order valence-corrected chi connectivity index (χ3v) is 7.68. The zero-order valence-corrected chi connectivity index (χ0v) is 21.4. The molecular weight excluding hydrogens is 452 g/mol. The van der Waals surface area contributed by atoms with Crippen LogP contribution in [0.2, 0.25) is 0 Å². The summed E-state index contributed by atoms with van der Waals surface area (Å²) in [4.78, 5) is 19.6. The van der Waals surface area contributed by atoms with E-state index in [0.717, 1.165) is 34.4 Å². The van der Waals surface area contributed by atoms with Crippen molar-refractivity contribution >= 4 is 17.6 Å². The van der Waals surface area contributed by atoms with E-state index in [-0.39, 0.29) is 24.0 Å². The Kier molecular flexibility index (Phi) is 5.76. The molecule has 2 aliphatic heterocycles. The molecule has 0 aromatic heterocycles. The molecule has 0 radical (unpaired) electrons. The van der Waals surface area contributed by atoms with Gasteiger partial charge < -0.3 is 20.9 Å². The number of benzene rings is 1. The molecule has 188 valence electrons. The number of hydrogen-bond donors (Lipinski definition) is 3. The Morgan fingerprint density at radius 2 is 2.08 bits per heavy atom. The summed E-state index contributed by atoms with van der Waals surface area (Å²) in [7, 11) is 0. The highest BCUT2D eigenvalue weighted by Gasteiger charge is 2.44. The number of aliphatic imine (C=N–C) groups is 1. The van der Waals surface area contributed by atoms with Crippen molar-refractivity contribution in [2.45, 2.75) is 82.7 Å². The summed E-state index contributed by atoms with van der Waals surface area (Å²) < 4.78 is 6.42. The highest BCUT2D eigenvalue weighted by molar-refractivity contribution is 5.99. The molecule has 36 heavy (non-hydrogen) atoms. The molecule has 1 aromatic carbocycles. The lowest BCUT2D eigenvalue weighted by Gasteiger charge is -2.45. The van der Waals surface area contributed by atoms with Crippen LogP contribution in [-0.4, -0.2) is 45.2 Å². The van der Waals surface area contributed by atoms with E-state index in [9.17, 15) is 9.90 Å². The maximum Gasteiger partial charge on any atom is 0.232 e. The van der Waals surface area contributed by atoms with Crippen LogP contribution in [-0.2, 0) is 4.79 Å². The average Bonchev–Trinajstić information content (AvgIpc) is 3.12. The lowest BCUT2D eigenvalue weighted by atomic mass is 9.84. The molecule has 2 aliphatic carbocycles. The molecule has 0 fully saturated rings. The number of carbonyl (C=O) groups excluding carboxylic acids is 1. The van der Waals surface area contributed by atoms with Gasteiger partial charge in [0.2, 0.25) is 5.91 Å². The molecule has 2 heterocycles. The molecule has 0 saturated heterocycles. The minimum atomic E-state index is -0.565. The quantitative estimate of drug-likeness (QED) is 0.549. The Bertz CT molecular complexity index is 1310. The molecule has 1 aromatic rings. The maximum atomic E-state index is 13.3. The van der Waals surface area contributed by atoms with E-state index in [1.807, 2.05) is 44.2 Å². The predicted molar refractivity (Wildman–Crippen MR) is 140 cm³/mol. The van der Waals surface area contributed by atoms with Crippen molar-refractivity contribution in [3.8, 4) is 5.75 Å². The van der Waals surface area contributed by atoms with E-state index in [4.69, 9.17) is 10.5 Å². The second kappa shape index (κ2) is 8.56. The molecule has 7 nitrogen and oxygen atoms in total. The molecule has 1 amide bonds. The van der Waals surface area contributed by atoms with E-state index < -0.39 is 17.2 Å². The molecule has 0 spiro atoms. The van der Waals surface area contributed by atoms with Crippen LogP contribution < -0.4 is 15.8 Å². The van der Waals surface area contributed by atoms with Crippen molar-refractivity contribution in [1.29, 1.82) is 0 Å². The van der Waals surface area contributed by atoms with Gasteiger partial charge in [-0.3, -0.25) is 9.69 Å². The van der Waals surface area contributed by atoms with Gasteiger partial charge in [0.25, 0.3) is 0 Å². The topological polar surface area (TPSA) is 100 Å². The van der Waals surface area contributed by atoms with Crippen LogP contribution in [0, 0.1) is 0 Å². The van der Waals surface area contributed by atoms with Gasteiger partial charge in [-0.25, -0.2) is 4.99 Å². The standard InChI is InChI=1S/C29H34N4O3/c1-6-29(5)15-22(33-25(35)16-28(3,4)32-27(33)30)21-13-18(11-12-24(21)36-29)17(2)31-26-20-10-8-7-9-19(20)14-23(26)34/h9-13,22-23,26,31,34H,2,6,14-16H2,1,3-5H3,(H2,30,32). The number of aliphatic hydroxyl groups is 1. The lowest BCUT2D eigenvalue weighted by molar-refractivity contribution is -0.132. The van der Waals surface area contributed by atoms with E-state index in [2.05, 4.69) is 42.2 Å². The molecular formula is C29H34N4O3. The van der Waals surface area contributed by atoms with Gasteiger partial charge in [-0.05, 0) is 74.3 Å². The van der Waals surface area contributed by atoms with Gasteiger partial charge in [0.05, 0.1) is 30.1 Å². The third kappa shape index (κ3) is 4.20. The van der Waals surface area contributed by atoms with Crippen molar-refractivity contribution in [3.05, 3.63) is 70.7 Å². The van der Waals surface area contributed by atoms with Crippen LogP contribution in [0.4, 0.5) is 0 Å². The zero-order chi connectivity index (χ0) is 25.8. The Morgan fingerprint density at radius 1 is 1.33 bits per heavy atom. The summed E-state index contributed by atoms with van der Waals surface area (Å²) in [5.41, 5.74) is 15.8. The van der Waals surface area contributed by atoms with Crippen molar-refractivity contribution in [2.24, 2.45) is 10.7 Å². The monoisotopic (exact) mass is 486 g/mol. The number of aliphatic hydroxyl groups excluding tert-OH is 1. The first kappa shape index (κ1) is 24.2. The minimum Gasteiger partial charge on any atom is -0.487 e. The number of nitrogens with two attached hydrogens (primary N) is 1. The normalized spacial score (nSPS) is 30.0. The van der Waals surface area contributed by atoms with Gasteiger partial charge >= 0.3 is 0 Å². The lowest BCUT2D eigenvalue weighted by Crippen LogP contribution is -2.54. The van der Waals surface area contributed by atoms with E-state index in [1.54, 1.807) is 4.90 Å². The highest BCUT2D eigenvalue weighted by atomic mass is 16.5. The number of allylic oxidation sites excluding steroid dienone is 1. The second-order valence-electron chi connectivity index (χ2n) is 11.0. The number of hydrogen-bond acceptors (Lipinski definition) is 6. The average molecular weight is 487 g/mol. The first-order chi connectivity index (χ1) is 17.0. The number of carbonyl (C=O) groups is 1. The Labute approximate surface area is 212 Å². The van der Waals surface area contributed by atoms with Crippen molar-refractivity contribution in [1.82, 2.24) is 10.2 Å². The van der Waals surface area contributed by atoms with Crippen LogP contribution >= 0.6 is 0 Å². The number of guanidine groups is 1. The van der Waals surface area contributed by atoms with E-state index >= 15 is 0 Å². The summed E-state index contributed by atoms with van der Waals surface area (Å²) >= 11 is 0. The Morgan fingerprint density at radius 3 is 2.81 bits per heavy atom. The van der Waals surface area contributed by atoms with Crippen molar-refractivity contribution < 1.29 is 14.6 Å². The number of nitrogens with zero attached hydrogens (tertiary/aromatic N) is 2. The first-order valence-electron chi connectivity index (χ1n) is 12.5. The van der Waals surface area contributed by atoms with Crippen LogP contribution in [0.15, 0.2) is 64.5 Å². The predicted octanol–water partition coefficient (Wildman–Crippen LogP) is 3.87. The smallest absolute Gasteiger partial charge is 0.232 e. The highest BCUT2D eigenvalue weighted by Crippen LogP contribution is 2.46. The van der Waals surface area contributed by atoms with Gasteiger partial charge in [-0.2, -0.15) is 0 Å². The van der Waals surface area contributed by atoms with Gasteiger partial charge in [-0.1, -0.05) is 25.0 Å². The van der Waals surface area contributed by atoms with Gasteiger partial charge in [-0.15, -0.1) is 0 Å². The van der Waals surface area contributed by atoms with Gasteiger partial charge in [0, 0.05) is 24.1 Å². The molecule has 4 atom stereocenters. The summed E-state index contributed by atoms with van der Waals surface area (Å²) in [5.74, 6) is 0.938. The molecule has 5 rings (SSSR count). The first-order valence-corrected chi connectivity index (χ1v) is 12.5. The fourth-order valence-corrected chi connectivity index (χ4v) is 5.57. The summed E-state index contributed by atoms with van der Waals surface area (Å²) in [6.07, 6.45) is 5.42. The summed E-state index contributed by atoms with van der Waals surface area (Å²) in [6.45, 7) is 12.3. The summed E-state index contributed by atoms with van der Waals surface area (Å²) in [6, 6.07) is 5.32. The minimum absolute atomic E-state index is 0.0371. The Hall–Kier alpha value is -3.50. The van der Waals surface area contributed by atoms with Crippen LogP contribution in [0.3, 0.4) is 0 Å². The fourth-order valence-electron chi connectivity index (χ4n) is 5.57. The van der Waals surface area contributed by atoms with E-state index in [1.165, 1.54) is 0 Å². The zero-order valence-electron chi connectivity index (χ0n) is 21.4. The molecule has 4 unspecified atom stereocenters. The molecule has 4 N–H and O–H groups in total. The largest absolute Gasteiger partial charge is 0.487 e. The summed E-state index contributed by atoms with van der Waals surface area (Å²) in [5, 5.41) is 14.1. The number of nitrogens with one attached hydrogen (secondary N) is 1. The molecule has 0 bridgehead atoms. The maximum absolute atomic E-state index is 13.3. The SMILES string of the molecule is C=C(NC1C2=C(C=C=C=C2)CC1O)c1ccc2c(c1)C(N1C(=O)CC(C)(C)N=C1N)CC(C)(CC)O2. The third-order valence-electron chi connectivity index (χ3n) is 7.68. The van der Waals surface area contributed by atoms with Crippen LogP contribution in [0.5, 0.6) is 5.75 Å². The Balaban J connectivity index is 1.49. The van der Waals surface area contributed by atoms with Crippen LogP contribution in [0.25, 0.3) is 5.70 Å². The van der Waals surface area contributed by atoms with Crippen molar-refractivity contribution in [3.63, 3.8) is 0 Å². The second-order valence-corrected chi connectivity index (χ2v) is 11.0. The number of fused-ring (bicyclic) bond motifs is 1. The van der Waals surface area contributed by atoms with Gasteiger partial charge in [0.15, 0.2) is 5.96 Å². The van der Waals surface area contributed by atoms with Crippen LogP contribution in [0.1, 0.15) is 70.5 Å².